The van der Waals surface area contributed by atoms with Crippen LogP contribution in [0, 0.1) is 0 Å². The molecule has 1 aliphatic rings. The first-order chi connectivity index (χ1) is 10.4. The van der Waals surface area contributed by atoms with E-state index in [-0.39, 0.29) is 17.6 Å². The van der Waals surface area contributed by atoms with Crippen LogP contribution in [0.4, 0.5) is 13.2 Å². The number of thiophene rings is 1. The average Bonchev–Trinajstić information content (AvgIpc) is 3.11. The van der Waals surface area contributed by atoms with Gasteiger partial charge in [0.05, 0.1) is 4.88 Å². The molecule has 22 heavy (non-hydrogen) atoms. The van der Waals surface area contributed by atoms with Crippen molar-refractivity contribution >= 4 is 28.8 Å². The fourth-order valence-electron chi connectivity index (χ4n) is 2.18. The van der Waals surface area contributed by atoms with E-state index in [1.807, 2.05) is 0 Å². The third kappa shape index (κ3) is 2.82. The number of alkyl halides is 4. The second-order valence-corrected chi connectivity index (χ2v) is 6.08. The van der Waals surface area contributed by atoms with E-state index in [0.29, 0.717) is 24.4 Å². The lowest BCUT2D eigenvalue weighted by molar-refractivity contribution is -0.159. The molecule has 0 saturated heterocycles. The summed E-state index contributed by atoms with van der Waals surface area (Å²) in [7, 11) is 0. The Morgan fingerprint density at radius 2 is 2.27 bits per heavy atom. The van der Waals surface area contributed by atoms with E-state index in [9.17, 15) is 18.0 Å². The van der Waals surface area contributed by atoms with Gasteiger partial charge in [0.2, 0.25) is 11.7 Å². The summed E-state index contributed by atoms with van der Waals surface area (Å²) in [5.41, 5.74) is 0.878. The molecule has 0 aromatic carbocycles. The summed E-state index contributed by atoms with van der Waals surface area (Å²) in [6.07, 6.45) is -4.03. The number of carbonyl (C=O) groups excluding carboxylic acids is 1. The van der Waals surface area contributed by atoms with E-state index >= 15 is 0 Å². The topological polar surface area (TPSA) is 59.2 Å². The van der Waals surface area contributed by atoms with Crippen LogP contribution in [0.1, 0.15) is 16.3 Å². The van der Waals surface area contributed by atoms with Crippen LogP contribution in [0.5, 0.6) is 0 Å². The molecule has 0 spiro atoms. The second-order valence-electron chi connectivity index (χ2n) is 4.68. The van der Waals surface area contributed by atoms with Gasteiger partial charge in [0.1, 0.15) is 5.88 Å². The first kappa shape index (κ1) is 15.3. The van der Waals surface area contributed by atoms with Crippen molar-refractivity contribution in [3.8, 4) is 10.7 Å². The highest BCUT2D eigenvalue weighted by Gasteiger charge is 2.38. The first-order valence-electron chi connectivity index (χ1n) is 6.25. The van der Waals surface area contributed by atoms with Crippen LogP contribution in [-0.2, 0) is 23.9 Å². The zero-order valence-corrected chi connectivity index (χ0v) is 12.6. The van der Waals surface area contributed by atoms with Gasteiger partial charge in [0.15, 0.2) is 0 Å². The molecule has 0 bridgehead atoms. The number of fused-ring (bicyclic) bond motifs is 1. The number of halogens is 4. The van der Waals surface area contributed by atoms with Gasteiger partial charge < -0.3 is 9.42 Å². The van der Waals surface area contributed by atoms with E-state index in [4.69, 9.17) is 11.6 Å². The monoisotopic (exact) mass is 351 g/mol. The van der Waals surface area contributed by atoms with Crippen molar-refractivity contribution in [2.75, 3.05) is 12.4 Å². The number of nitrogens with zero attached hydrogens (tertiary/aromatic N) is 3. The van der Waals surface area contributed by atoms with Gasteiger partial charge in [-0.05, 0) is 18.1 Å². The minimum Gasteiger partial charge on any atom is -0.337 e. The van der Waals surface area contributed by atoms with E-state index in [2.05, 4.69) is 14.7 Å². The molecule has 10 heteroatoms. The minimum atomic E-state index is -4.66. The van der Waals surface area contributed by atoms with Gasteiger partial charge >= 0.3 is 12.1 Å². The Bertz CT molecular complexity index is 713. The second kappa shape index (κ2) is 5.54. The Morgan fingerprint density at radius 1 is 1.50 bits per heavy atom. The molecule has 0 fully saturated rings. The summed E-state index contributed by atoms with van der Waals surface area (Å²) < 4.78 is 41.7. The molecular weight excluding hydrogens is 343 g/mol. The maximum atomic E-state index is 12.5. The maximum Gasteiger partial charge on any atom is 0.471 e. The van der Waals surface area contributed by atoms with Gasteiger partial charge in [-0.3, -0.25) is 4.79 Å². The fraction of sp³-hybridized carbons (Fsp3) is 0.417. The molecule has 0 unspecified atom stereocenters. The van der Waals surface area contributed by atoms with Crippen LogP contribution in [0.3, 0.4) is 0 Å². The Morgan fingerprint density at radius 3 is 2.91 bits per heavy atom. The highest BCUT2D eigenvalue weighted by molar-refractivity contribution is 7.15. The largest absolute Gasteiger partial charge is 0.471 e. The molecule has 1 amide bonds. The number of aromatic nitrogens is 2. The molecule has 5 nitrogen and oxygen atoms in total. The van der Waals surface area contributed by atoms with Crippen LogP contribution < -0.4 is 0 Å². The Hall–Kier alpha value is -1.61. The molecule has 0 aliphatic carbocycles. The van der Waals surface area contributed by atoms with Crippen molar-refractivity contribution in [2.24, 2.45) is 0 Å². The third-order valence-corrected chi connectivity index (χ3v) is 4.68. The van der Waals surface area contributed by atoms with Crippen molar-refractivity contribution in [1.29, 1.82) is 0 Å². The van der Waals surface area contributed by atoms with Crippen LogP contribution >= 0.6 is 22.9 Å². The Labute approximate surface area is 131 Å². The van der Waals surface area contributed by atoms with Crippen molar-refractivity contribution < 1.29 is 22.5 Å². The zero-order valence-electron chi connectivity index (χ0n) is 11.0. The van der Waals surface area contributed by atoms with Crippen LogP contribution in [0.15, 0.2) is 10.6 Å². The smallest absolute Gasteiger partial charge is 0.337 e. The van der Waals surface area contributed by atoms with Crippen molar-refractivity contribution in [3.63, 3.8) is 0 Å². The molecule has 2 aromatic rings. The van der Waals surface area contributed by atoms with E-state index in [1.165, 1.54) is 11.3 Å². The number of amides is 1. The molecule has 0 N–H and O–H groups in total. The lowest BCUT2D eigenvalue weighted by Gasteiger charge is -2.26. The molecule has 0 radical (unpaired) electrons. The predicted octanol–water partition coefficient (Wildman–Crippen LogP) is 2.94. The first-order valence-corrected chi connectivity index (χ1v) is 7.60. The molecule has 118 valence electrons. The highest BCUT2D eigenvalue weighted by Crippen LogP contribution is 2.35. The molecule has 0 atom stereocenters. The quantitative estimate of drug-likeness (QED) is 0.781. The predicted molar refractivity (Wildman–Crippen MR) is 72.5 cm³/mol. The molecule has 3 rings (SSSR count). The third-order valence-electron chi connectivity index (χ3n) is 3.22. The van der Waals surface area contributed by atoms with E-state index in [1.54, 1.807) is 11.0 Å². The summed E-state index contributed by atoms with van der Waals surface area (Å²) in [6.45, 7) is 0.930. The van der Waals surface area contributed by atoms with Crippen molar-refractivity contribution in [2.45, 2.75) is 19.1 Å². The van der Waals surface area contributed by atoms with Gasteiger partial charge in [-0.25, -0.2) is 0 Å². The summed E-state index contributed by atoms with van der Waals surface area (Å²) in [6, 6.07) is 1.69. The number of hydrogen-bond acceptors (Lipinski definition) is 5. The highest BCUT2D eigenvalue weighted by atomic mass is 35.5. The zero-order chi connectivity index (χ0) is 15.9. The molecular formula is C12H9ClF3N3O2S. The van der Waals surface area contributed by atoms with Gasteiger partial charge in [-0.2, -0.15) is 18.2 Å². The number of carbonyl (C=O) groups is 1. The minimum absolute atomic E-state index is 0.0912. The molecule has 3 heterocycles. The molecule has 2 aromatic heterocycles. The van der Waals surface area contributed by atoms with Crippen molar-refractivity contribution in [1.82, 2.24) is 15.0 Å². The van der Waals surface area contributed by atoms with Gasteiger partial charge in [-0.1, -0.05) is 5.16 Å². The van der Waals surface area contributed by atoms with Crippen LogP contribution in [-0.4, -0.2) is 33.4 Å². The standard InChI is InChI=1S/C12H9ClF3N3O2S/c13-4-9(20)19-2-1-7-6(5-19)3-8(22-7)10-17-11(21-18-10)12(14,15)16/h3H,1-2,4-5H2. The van der Waals surface area contributed by atoms with Gasteiger partial charge in [-0.15, -0.1) is 22.9 Å². The SMILES string of the molecule is O=C(CCl)N1CCc2sc(-c3noc(C(F)(F)F)n3)cc2C1. The normalized spacial score (nSPS) is 15.0. The Balaban J connectivity index is 1.85. The number of rotatable bonds is 2. The summed E-state index contributed by atoms with van der Waals surface area (Å²) in [5.74, 6) is -1.72. The fourth-order valence-corrected chi connectivity index (χ4v) is 3.44. The molecule has 0 saturated carbocycles. The summed E-state index contributed by atoms with van der Waals surface area (Å²) in [5, 5.41) is 3.37. The lowest BCUT2D eigenvalue weighted by atomic mass is 10.1. The van der Waals surface area contributed by atoms with Crippen LogP contribution in [0.2, 0.25) is 0 Å². The van der Waals surface area contributed by atoms with E-state index in [0.717, 1.165) is 10.4 Å². The lowest BCUT2D eigenvalue weighted by Crippen LogP contribution is -2.36. The summed E-state index contributed by atoms with van der Waals surface area (Å²) in [4.78, 5) is 18.1. The Kier molecular flexibility index (Phi) is 3.85. The van der Waals surface area contributed by atoms with E-state index < -0.39 is 12.1 Å². The van der Waals surface area contributed by atoms with Crippen molar-refractivity contribution in [3.05, 3.63) is 22.4 Å². The molecule has 1 aliphatic heterocycles. The maximum absolute atomic E-state index is 12.5. The van der Waals surface area contributed by atoms with Gasteiger partial charge in [0.25, 0.3) is 0 Å². The average molecular weight is 352 g/mol. The van der Waals surface area contributed by atoms with Crippen LogP contribution in [0.25, 0.3) is 10.7 Å². The van der Waals surface area contributed by atoms with Gasteiger partial charge in [0, 0.05) is 18.0 Å². The summed E-state index contributed by atoms with van der Waals surface area (Å²) >= 11 is 6.84. The number of hydrogen-bond donors (Lipinski definition) is 0.